The molecule has 0 amide bonds. The highest BCUT2D eigenvalue weighted by Crippen LogP contribution is 2.37. The third-order valence-electron chi connectivity index (χ3n) is 5.09. The van der Waals surface area contributed by atoms with Crippen LogP contribution in [-0.2, 0) is 4.74 Å². The van der Waals surface area contributed by atoms with Gasteiger partial charge in [0.1, 0.15) is 0 Å². The molecular weight excluding hydrogens is 246 g/mol. The van der Waals surface area contributed by atoms with Gasteiger partial charge in [-0.2, -0.15) is 0 Å². The molecule has 2 nitrogen and oxygen atoms in total. The molecule has 3 rings (SSSR count). The molecule has 1 aliphatic carbocycles. The summed E-state index contributed by atoms with van der Waals surface area (Å²) in [5, 5.41) is 3.83. The predicted molar refractivity (Wildman–Crippen MR) is 83.0 cm³/mol. The van der Waals surface area contributed by atoms with Crippen molar-refractivity contribution in [3.8, 4) is 0 Å². The molecule has 1 aromatic rings. The van der Waals surface area contributed by atoms with Crippen LogP contribution in [0.4, 0.5) is 0 Å². The molecule has 1 spiro atoms. The Morgan fingerprint density at radius 2 is 2.15 bits per heavy atom. The Morgan fingerprint density at radius 1 is 1.30 bits per heavy atom. The lowest BCUT2D eigenvalue weighted by atomic mass is 9.76. The summed E-state index contributed by atoms with van der Waals surface area (Å²) in [6.07, 6.45) is 5.48. The molecule has 20 heavy (non-hydrogen) atoms. The SMILES string of the molecule is Cc1ccc(C2CNC3(CCCC(C)C3)CO2)c(C)c1. The van der Waals surface area contributed by atoms with Gasteiger partial charge in [-0.3, -0.25) is 0 Å². The highest BCUT2D eigenvalue weighted by molar-refractivity contribution is 5.32. The fraction of sp³-hybridized carbons (Fsp3) is 0.667. The minimum atomic E-state index is 0.221. The normalized spacial score (nSPS) is 34.4. The van der Waals surface area contributed by atoms with E-state index in [2.05, 4.69) is 44.3 Å². The number of hydrogen-bond donors (Lipinski definition) is 1. The lowest BCUT2D eigenvalue weighted by molar-refractivity contribution is -0.0529. The van der Waals surface area contributed by atoms with Crippen molar-refractivity contribution in [3.05, 3.63) is 34.9 Å². The Hall–Kier alpha value is -0.860. The van der Waals surface area contributed by atoms with E-state index in [1.54, 1.807) is 0 Å². The first-order chi connectivity index (χ1) is 9.58. The number of ether oxygens (including phenoxy) is 1. The predicted octanol–water partition coefficient (Wildman–Crippen LogP) is 3.91. The molecule has 110 valence electrons. The first-order valence-corrected chi connectivity index (χ1v) is 8.02. The largest absolute Gasteiger partial charge is 0.370 e. The lowest BCUT2D eigenvalue weighted by Crippen LogP contribution is -2.57. The van der Waals surface area contributed by atoms with Crippen LogP contribution in [0.3, 0.4) is 0 Å². The maximum atomic E-state index is 6.26. The van der Waals surface area contributed by atoms with Gasteiger partial charge in [-0.15, -0.1) is 0 Å². The molecule has 3 unspecified atom stereocenters. The molecule has 1 heterocycles. The lowest BCUT2D eigenvalue weighted by Gasteiger charge is -2.45. The highest BCUT2D eigenvalue weighted by Gasteiger charge is 2.39. The zero-order chi connectivity index (χ0) is 14.2. The van der Waals surface area contributed by atoms with Gasteiger partial charge in [0.2, 0.25) is 0 Å². The zero-order valence-corrected chi connectivity index (χ0v) is 13.0. The van der Waals surface area contributed by atoms with Crippen LogP contribution in [0.2, 0.25) is 0 Å². The fourth-order valence-corrected chi connectivity index (χ4v) is 4.02. The zero-order valence-electron chi connectivity index (χ0n) is 13.0. The van der Waals surface area contributed by atoms with Crippen LogP contribution in [0.5, 0.6) is 0 Å². The monoisotopic (exact) mass is 273 g/mol. The van der Waals surface area contributed by atoms with Crippen LogP contribution >= 0.6 is 0 Å². The van der Waals surface area contributed by atoms with Crippen LogP contribution in [0.25, 0.3) is 0 Å². The number of benzene rings is 1. The van der Waals surface area contributed by atoms with Crippen molar-refractivity contribution in [2.75, 3.05) is 13.2 Å². The summed E-state index contributed by atoms with van der Waals surface area (Å²) in [7, 11) is 0. The van der Waals surface area contributed by atoms with E-state index in [1.807, 2.05) is 0 Å². The van der Waals surface area contributed by atoms with Crippen molar-refractivity contribution in [1.29, 1.82) is 0 Å². The summed E-state index contributed by atoms with van der Waals surface area (Å²) < 4.78 is 6.26. The molecular formula is C18H27NO. The maximum Gasteiger partial charge on any atom is 0.0952 e. The van der Waals surface area contributed by atoms with Gasteiger partial charge < -0.3 is 10.1 Å². The number of rotatable bonds is 1. The van der Waals surface area contributed by atoms with Gasteiger partial charge in [0, 0.05) is 12.1 Å². The number of morpholine rings is 1. The molecule has 0 radical (unpaired) electrons. The second-order valence-electron chi connectivity index (χ2n) is 7.02. The third kappa shape index (κ3) is 2.77. The molecule has 1 saturated carbocycles. The summed E-state index contributed by atoms with van der Waals surface area (Å²) in [5.41, 5.74) is 4.28. The molecule has 2 aliphatic rings. The van der Waals surface area contributed by atoms with E-state index in [0.29, 0.717) is 0 Å². The minimum Gasteiger partial charge on any atom is -0.370 e. The number of aryl methyl sites for hydroxylation is 2. The van der Waals surface area contributed by atoms with Crippen LogP contribution in [0.1, 0.15) is 55.4 Å². The molecule has 0 bridgehead atoms. The van der Waals surface area contributed by atoms with Crippen molar-refractivity contribution in [3.63, 3.8) is 0 Å². The van der Waals surface area contributed by atoms with Gasteiger partial charge in [0.25, 0.3) is 0 Å². The van der Waals surface area contributed by atoms with Crippen molar-refractivity contribution >= 4 is 0 Å². The molecule has 2 fully saturated rings. The summed E-state index contributed by atoms with van der Waals surface area (Å²) >= 11 is 0. The van der Waals surface area contributed by atoms with E-state index in [0.717, 1.165) is 19.1 Å². The van der Waals surface area contributed by atoms with Crippen LogP contribution < -0.4 is 5.32 Å². The fourth-order valence-electron chi connectivity index (χ4n) is 4.02. The Kier molecular flexibility index (Phi) is 3.87. The average molecular weight is 273 g/mol. The van der Waals surface area contributed by atoms with Gasteiger partial charge >= 0.3 is 0 Å². The van der Waals surface area contributed by atoms with Crippen molar-refractivity contribution in [2.24, 2.45) is 5.92 Å². The average Bonchev–Trinajstić information content (AvgIpc) is 2.40. The first-order valence-electron chi connectivity index (χ1n) is 8.02. The smallest absolute Gasteiger partial charge is 0.0952 e. The third-order valence-corrected chi connectivity index (χ3v) is 5.09. The first kappa shape index (κ1) is 14.1. The summed E-state index contributed by atoms with van der Waals surface area (Å²) in [5.74, 6) is 0.831. The van der Waals surface area contributed by atoms with Gasteiger partial charge in [0.05, 0.1) is 12.7 Å². The van der Waals surface area contributed by atoms with E-state index in [9.17, 15) is 0 Å². The van der Waals surface area contributed by atoms with Crippen molar-refractivity contribution in [1.82, 2.24) is 5.32 Å². The molecule has 3 atom stereocenters. The van der Waals surface area contributed by atoms with Crippen molar-refractivity contribution < 1.29 is 4.74 Å². The molecule has 1 aliphatic heterocycles. The van der Waals surface area contributed by atoms with E-state index in [1.165, 1.54) is 42.4 Å². The topological polar surface area (TPSA) is 21.3 Å². The highest BCUT2D eigenvalue weighted by atomic mass is 16.5. The van der Waals surface area contributed by atoms with Crippen molar-refractivity contribution in [2.45, 2.75) is 58.1 Å². The van der Waals surface area contributed by atoms with Gasteiger partial charge in [-0.05, 0) is 43.7 Å². The Labute approximate surface area is 122 Å². The Morgan fingerprint density at radius 3 is 2.80 bits per heavy atom. The Balaban J connectivity index is 1.69. The number of nitrogens with one attached hydrogen (secondary N) is 1. The second kappa shape index (κ2) is 5.50. The van der Waals surface area contributed by atoms with Crippen LogP contribution in [0.15, 0.2) is 18.2 Å². The van der Waals surface area contributed by atoms with E-state index < -0.39 is 0 Å². The Bertz CT molecular complexity index is 474. The van der Waals surface area contributed by atoms with Gasteiger partial charge in [-0.1, -0.05) is 43.5 Å². The second-order valence-corrected chi connectivity index (χ2v) is 7.02. The van der Waals surface area contributed by atoms with E-state index in [-0.39, 0.29) is 11.6 Å². The molecule has 1 saturated heterocycles. The summed E-state index contributed by atoms with van der Waals surface area (Å²) in [4.78, 5) is 0. The number of hydrogen-bond acceptors (Lipinski definition) is 2. The van der Waals surface area contributed by atoms with Crippen LogP contribution in [-0.4, -0.2) is 18.7 Å². The van der Waals surface area contributed by atoms with Gasteiger partial charge in [-0.25, -0.2) is 0 Å². The minimum absolute atomic E-state index is 0.221. The van der Waals surface area contributed by atoms with E-state index >= 15 is 0 Å². The summed E-state index contributed by atoms with van der Waals surface area (Å²) in [6, 6.07) is 6.68. The standard InChI is InChI=1S/C18H27NO/c1-13-6-7-16(15(3)9-13)17-11-19-18(12-20-17)8-4-5-14(2)10-18/h6-7,9,14,17,19H,4-5,8,10-12H2,1-3H3. The molecule has 0 aromatic heterocycles. The maximum absolute atomic E-state index is 6.26. The molecule has 1 N–H and O–H groups in total. The molecule has 1 aromatic carbocycles. The van der Waals surface area contributed by atoms with E-state index in [4.69, 9.17) is 4.74 Å². The van der Waals surface area contributed by atoms with Crippen LogP contribution in [0, 0.1) is 19.8 Å². The summed E-state index contributed by atoms with van der Waals surface area (Å²) in [6.45, 7) is 8.54. The molecule has 2 heteroatoms. The quantitative estimate of drug-likeness (QED) is 0.837. The van der Waals surface area contributed by atoms with Gasteiger partial charge in [0.15, 0.2) is 0 Å².